The first-order valence-corrected chi connectivity index (χ1v) is 7.28. The number of rotatable bonds is 7. The van der Waals surface area contributed by atoms with Crippen LogP contribution in [0.2, 0.25) is 0 Å². The Morgan fingerprint density at radius 2 is 1.92 bits per heavy atom. The molecule has 0 bridgehead atoms. The van der Waals surface area contributed by atoms with Crippen molar-refractivity contribution < 1.29 is 14.4 Å². The SMILES string of the molecule is COc1ccc(CN/N=C(/C)c2cccc([N+](=O)[O-])c2)cc1OC. The molecule has 0 aliphatic heterocycles. The summed E-state index contributed by atoms with van der Waals surface area (Å²) >= 11 is 0. The van der Waals surface area contributed by atoms with E-state index in [1.54, 1.807) is 33.3 Å². The fraction of sp³-hybridized carbons (Fsp3) is 0.235. The molecule has 0 saturated heterocycles. The summed E-state index contributed by atoms with van der Waals surface area (Å²) in [4.78, 5) is 10.4. The van der Waals surface area contributed by atoms with Crippen LogP contribution in [0, 0.1) is 10.1 Å². The largest absolute Gasteiger partial charge is 0.493 e. The zero-order chi connectivity index (χ0) is 17.5. The Bertz CT molecular complexity index is 759. The van der Waals surface area contributed by atoms with E-state index >= 15 is 0 Å². The minimum absolute atomic E-state index is 0.0435. The lowest BCUT2D eigenvalue weighted by Crippen LogP contribution is -2.09. The predicted octanol–water partition coefficient (Wildman–Crippen LogP) is 3.13. The molecule has 0 heterocycles. The molecule has 24 heavy (non-hydrogen) atoms. The third-order valence-corrected chi connectivity index (χ3v) is 3.45. The van der Waals surface area contributed by atoms with Crippen LogP contribution in [-0.4, -0.2) is 24.9 Å². The van der Waals surface area contributed by atoms with Crippen LogP contribution in [0.15, 0.2) is 47.6 Å². The second-order valence-corrected chi connectivity index (χ2v) is 5.03. The minimum atomic E-state index is -0.423. The van der Waals surface area contributed by atoms with Gasteiger partial charge in [-0.15, -0.1) is 0 Å². The Hall–Kier alpha value is -3.09. The number of ether oxygens (including phenoxy) is 2. The summed E-state index contributed by atoms with van der Waals surface area (Å²) < 4.78 is 10.5. The molecule has 2 aromatic carbocycles. The normalized spacial score (nSPS) is 11.0. The van der Waals surface area contributed by atoms with E-state index in [0.29, 0.717) is 29.3 Å². The molecule has 126 valence electrons. The van der Waals surface area contributed by atoms with E-state index in [4.69, 9.17) is 9.47 Å². The summed E-state index contributed by atoms with van der Waals surface area (Å²) in [5, 5.41) is 15.1. The number of hydrazone groups is 1. The monoisotopic (exact) mass is 329 g/mol. The van der Waals surface area contributed by atoms with E-state index in [9.17, 15) is 10.1 Å². The number of hydrogen-bond donors (Lipinski definition) is 1. The first-order valence-electron chi connectivity index (χ1n) is 7.28. The highest BCUT2D eigenvalue weighted by molar-refractivity contribution is 5.99. The number of methoxy groups -OCH3 is 2. The Labute approximate surface area is 140 Å². The molecule has 0 aliphatic carbocycles. The summed E-state index contributed by atoms with van der Waals surface area (Å²) in [7, 11) is 3.17. The quantitative estimate of drug-likeness (QED) is 0.479. The van der Waals surface area contributed by atoms with Crippen molar-refractivity contribution in [2.75, 3.05) is 14.2 Å². The van der Waals surface area contributed by atoms with Gasteiger partial charge in [-0.3, -0.25) is 10.1 Å². The fourth-order valence-electron chi connectivity index (χ4n) is 2.15. The summed E-state index contributed by atoms with van der Waals surface area (Å²) in [5.41, 5.74) is 5.34. The van der Waals surface area contributed by atoms with E-state index in [-0.39, 0.29) is 5.69 Å². The van der Waals surface area contributed by atoms with E-state index in [1.165, 1.54) is 12.1 Å². The van der Waals surface area contributed by atoms with Gasteiger partial charge in [0, 0.05) is 17.7 Å². The third-order valence-electron chi connectivity index (χ3n) is 3.45. The van der Waals surface area contributed by atoms with Gasteiger partial charge in [-0.05, 0) is 24.6 Å². The predicted molar refractivity (Wildman–Crippen MR) is 91.7 cm³/mol. The zero-order valence-electron chi connectivity index (χ0n) is 13.8. The Morgan fingerprint density at radius 3 is 2.58 bits per heavy atom. The van der Waals surface area contributed by atoms with Gasteiger partial charge >= 0.3 is 0 Å². The average Bonchev–Trinajstić information content (AvgIpc) is 2.61. The maximum atomic E-state index is 10.8. The highest BCUT2D eigenvalue weighted by atomic mass is 16.6. The van der Waals surface area contributed by atoms with Crippen LogP contribution in [0.1, 0.15) is 18.1 Å². The molecule has 0 amide bonds. The van der Waals surface area contributed by atoms with E-state index in [1.807, 2.05) is 18.2 Å². The van der Waals surface area contributed by atoms with Gasteiger partial charge < -0.3 is 14.9 Å². The lowest BCUT2D eigenvalue weighted by Gasteiger charge is -2.09. The van der Waals surface area contributed by atoms with E-state index in [0.717, 1.165) is 5.56 Å². The topological polar surface area (TPSA) is 86.0 Å². The molecule has 0 unspecified atom stereocenters. The van der Waals surface area contributed by atoms with Crippen molar-refractivity contribution in [2.45, 2.75) is 13.5 Å². The molecule has 7 heteroatoms. The number of benzene rings is 2. The molecule has 0 radical (unpaired) electrons. The summed E-state index contributed by atoms with van der Waals surface area (Å²) in [6.07, 6.45) is 0. The Balaban J connectivity index is 2.05. The smallest absolute Gasteiger partial charge is 0.270 e. The molecule has 0 atom stereocenters. The molecule has 2 aromatic rings. The molecule has 0 saturated carbocycles. The van der Waals surface area contributed by atoms with Crippen LogP contribution in [0.4, 0.5) is 5.69 Å². The third kappa shape index (κ3) is 4.22. The molecule has 0 aromatic heterocycles. The number of nitro benzene ring substituents is 1. The summed E-state index contributed by atoms with van der Waals surface area (Å²) in [6.45, 7) is 2.29. The van der Waals surface area contributed by atoms with Gasteiger partial charge in [0.25, 0.3) is 5.69 Å². The highest BCUT2D eigenvalue weighted by Crippen LogP contribution is 2.27. The molecule has 2 rings (SSSR count). The lowest BCUT2D eigenvalue weighted by molar-refractivity contribution is -0.384. The zero-order valence-corrected chi connectivity index (χ0v) is 13.8. The van der Waals surface area contributed by atoms with Crippen LogP contribution in [-0.2, 0) is 6.54 Å². The number of nitrogens with one attached hydrogen (secondary N) is 1. The fourth-order valence-corrected chi connectivity index (χ4v) is 2.15. The van der Waals surface area contributed by atoms with Crippen molar-refractivity contribution in [1.82, 2.24) is 5.43 Å². The minimum Gasteiger partial charge on any atom is -0.493 e. The van der Waals surface area contributed by atoms with Crippen LogP contribution in [0.3, 0.4) is 0 Å². The molecular weight excluding hydrogens is 310 g/mol. The molecular formula is C17H19N3O4. The second-order valence-electron chi connectivity index (χ2n) is 5.03. The molecule has 7 nitrogen and oxygen atoms in total. The van der Waals surface area contributed by atoms with Gasteiger partial charge in [-0.2, -0.15) is 5.10 Å². The Kier molecular flexibility index (Phi) is 5.73. The molecule has 0 fully saturated rings. The maximum Gasteiger partial charge on any atom is 0.270 e. The van der Waals surface area contributed by atoms with Gasteiger partial charge in [-0.1, -0.05) is 18.2 Å². The number of hydrogen-bond acceptors (Lipinski definition) is 6. The van der Waals surface area contributed by atoms with Crippen LogP contribution in [0.25, 0.3) is 0 Å². The lowest BCUT2D eigenvalue weighted by atomic mass is 10.1. The average molecular weight is 329 g/mol. The van der Waals surface area contributed by atoms with Crippen molar-refractivity contribution in [3.8, 4) is 11.5 Å². The molecule has 0 aliphatic rings. The van der Waals surface area contributed by atoms with Gasteiger partial charge in [-0.25, -0.2) is 0 Å². The van der Waals surface area contributed by atoms with Crippen molar-refractivity contribution in [3.63, 3.8) is 0 Å². The van der Waals surface area contributed by atoms with Gasteiger partial charge in [0.1, 0.15) is 0 Å². The first-order chi connectivity index (χ1) is 11.5. The van der Waals surface area contributed by atoms with Crippen LogP contribution < -0.4 is 14.9 Å². The molecule has 0 spiro atoms. The maximum absolute atomic E-state index is 10.8. The van der Waals surface area contributed by atoms with Crippen molar-refractivity contribution >= 4 is 11.4 Å². The van der Waals surface area contributed by atoms with Crippen molar-refractivity contribution in [3.05, 3.63) is 63.7 Å². The van der Waals surface area contributed by atoms with Crippen LogP contribution in [0.5, 0.6) is 11.5 Å². The van der Waals surface area contributed by atoms with E-state index < -0.39 is 4.92 Å². The first kappa shape index (κ1) is 17.3. The summed E-state index contributed by atoms with van der Waals surface area (Å²) in [6, 6.07) is 12.0. The Morgan fingerprint density at radius 1 is 1.17 bits per heavy atom. The summed E-state index contributed by atoms with van der Waals surface area (Å²) in [5.74, 6) is 1.31. The standard InChI is InChI=1S/C17H19N3O4/c1-12(14-5-4-6-15(10-14)20(21)22)19-18-11-13-7-8-16(23-2)17(9-13)24-3/h4-10,18H,11H2,1-3H3/b19-12-. The van der Waals surface area contributed by atoms with Gasteiger partial charge in [0.2, 0.25) is 0 Å². The van der Waals surface area contributed by atoms with Gasteiger partial charge in [0.05, 0.1) is 31.4 Å². The van der Waals surface area contributed by atoms with E-state index in [2.05, 4.69) is 10.5 Å². The molecule has 1 N–H and O–H groups in total. The van der Waals surface area contributed by atoms with Crippen molar-refractivity contribution in [1.29, 1.82) is 0 Å². The van der Waals surface area contributed by atoms with Crippen LogP contribution >= 0.6 is 0 Å². The highest BCUT2D eigenvalue weighted by Gasteiger charge is 2.07. The second kappa shape index (κ2) is 7.96. The van der Waals surface area contributed by atoms with Crippen molar-refractivity contribution in [2.24, 2.45) is 5.10 Å². The number of nitro groups is 1. The number of non-ortho nitro benzene ring substituents is 1. The van der Waals surface area contributed by atoms with Gasteiger partial charge in [0.15, 0.2) is 11.5 Å². The number of nitrogens with zero attached hydrogens (tertiary/aromatic N) is 2.